The fourth-order valence-electron chi connectivity index (χ4n) is 3.96. The molecule has 0 saturated carbocycles. The molecule has 5 rings (SSSR count). The number of rotatable bonds is 7. The molecule has 5 heteroatoms. The minimum atomic E-state index is 0.0294. The lowest BCUT2D eigenvalue weighted by Gasteiger charge is -2.06. The Morgan fingerprint density at radius 2 is 1.59 bits per heavy atom. The number of nitrogens with zero attached hydrogens (tertiary/aromatic N) is 2. The van der Waals surface area contributed by atoms with Gasteiger partial charge in [0.15, 0.2) is 0 Å². The van der Waals surface area contributed by atoms with Crippen molar-refractivity contribution in [1.29, 1.82) is 0 Å². The number of fused-ring (bicyclic) bond motifs is 1. The second-order valence-corrected chi connectivity index (χ2v) is 7.79. The molecule has 0 aliphatic heterocycles. The van der Waals surface area contributed by atoms with Crippen LogP contribution in [0.15, 0.2) is 97.3 Å². The van der Waals surface area contributed by atoms with E-state index in [1.807, 2.05) is 89.9 Å². The first-order valence-corrected chi connectivity index (χ1v) is 10.8. The first-order chi connectivity index (χ1) is 15.8. The highest BCUT2D eigenvalue weighted by atomic mass is 16.1. The third-order valence-electron chi connectivity index (χ3n) is 5.63. The highest BCUT2D eigenvalue weighted by Crippen LogP contribution is 2.24. The Morgan fingerprint density at radius 3 is 2.41 bits per heavy atom. The van der Waals surface area contributed by atoms with E-state index in [-0.39, 0.29) is 5.91 Å². The van der Waals surface area contributed by atoms with Crippen LogP contribution in [0.2, 0.25) is 0 Å². The van der Waals surface area contributed by atoms with E-state index < -0.39 is 0 Å². The molecule has 0 saturated heterocycles. The van der Waals surface area contributed by atoms with Crippen LogP contribution in [0, 0.1) is 0 Å². The van der Waals surface area contributed by atoms with E-state index >= 15 is 0 Å². The van der Waals surface area contributed by atoms with Crippen molar-refractivity contribution in [2.24, 2.45) is 0 Å². The van der Waals surface area contributed by atoms with E-state index in [1.165, 1.54) is 5.39 Å². The highest BCUT2D eigenvalue weighted by molar-refractivity contribution is 5.84. The van der Waals surface area contributed by atoms with Crippen molar-refractivity contribution >= 4 is 16.8 Å². The van der Waals surface area contributed by atoms with Gasteiger partial charge in [-0.15, -0.1) is 0 Å². The van der Waals surface area contributed by atoms with Crippen molar-refractivity contribution in [1.82, 2.24) is 20.1 Å². The maximum atomic E-state index is 12.6. The molecule has 1 amide bonds. The summed E-state index contributed by atoms with van der Waals surface area (Å²) >= 11 is 0. The Balaban J connectivity index is 1.31. The van der Waals surface area contributed by atoms with Crippen LogP contribution in [-0.2, 0) is 17.8 Å². The number of hydrogen-bond donors (Lipinski definition) is 2. The zero-order chi connectivity index (χ0) is 21.8. The first-order valence-electron chi connectivity index (χ1n) is 10.8. The minimum Gasteiger partial charge on any atom is -0.361 e. The number of para-hydroxylation sites is 2. The number of aromatic nitrogens is 3. The van der Waals surface area contributed by atoms with Gasteiger partial charge in [-0.2, -0.15) is 5.10 Å². The van der Waals surface area contributed by atoms with E-state index in [9.17, 15) is 4.79 Å². The molecule has 3 aromatic carbocycles. The maximum Gasteiger partial charge on any atom is 0.220 e. The van der Waals surface area contributed by atoms with Crippen molar-refractivity contribution in [3.63, 3.8) is 0 Å². The van der Waals surface area contributed by atoms with Gasteiger partial charge in [-0.3, -0.25) is 4.79 Å². The van der Waals surface area contributed by atoms with Crippen LogP contribution in [-0.4, -0.2) is 20.7 Å². The Kier molecular flexibility index (Phi) is 5.54. The van der Waals surface area contributed by atoms with Gasteiger partial charge in [-0.05, 0) is 30.2 Å². The predicted octanol–water partition coefficient (Wildman–Crippen LogP) is 5.27. The fourth-order valence-corrected chi connectivity index (χ4v) is 3.96. The molecule has 0 aliphatic carbocycles. The number of benzene rings is 3. The average molecular weight is 421 g/mol. The van der Waals surface area contributed by atoms with Gasteiger partial charge in [0, 0.05) is 47.4 Å². The zero-order valence-corrected chi connectivity index (χ0v) is 17.7. The van der Waals surface area contributed by atoms with Crippen LogP contribution in [0.5, 0.6) is 0 Å². The third-order valence-corrected chi connectivity index (χ3v) is 5.63. The van der Waals surface area contributed by atoms with Crippen molar-refractivity contribution < 1.29 is 4.79 Å². The molecule has 0 radical (unpaired) electrons. The van der Waals surface area contributed by atoms with Crippen molar-refractivity contribution in [3.8, 4) is 16.9 Å². The summed E-state index contributed by atoms with van der Waals surface area (Å²) in [4.78, 5) is 15.9. The first kappa shape index (κ1) is 19.8. The number of aromatic amines is 1. The van der Waals surface area contributed by atoms with Crippen molar-refractivity contribution in [2.75, 3.05) is 0 Å². The summed E-state index contributed by atoms with van der Waals surface area (Å²) in [6, 6.07) is 28.3. The van der Waals surface area contributed by atoms with Gasteiger partial charge in [0.05, 0.1) is 11.4 Å². The molecule has 2 N–H and O–H groups in total. The minimum absolute atomic E-state index is 0.0294. The van der Waals surface area contributed by atoms with Gasteiger partial charge >= 0.3 is 0 Å². The molecule has 0 spiro atoms. The lowest BCUT2D eigenvalue weighted by atomic mass is 10.1. The Morgan fingerprint density at radius 1 is 0.875 bits per heavy atom. The Hall–Kier alpha value is -4.12. The molecule has 5 aromatic rings. The lowest BCUT2D eigenvalue weighted by Crippen LogP contribution is -2.23. The van der Waals surface area contributed by atoms with E-state index in [1.54, 1.807) is 0 Å². The molecule has 0 aliphatic rings. The van der Waals surface area contributed by atoms with E-state index in [4.69, 9.17) is 5.10 Å². The zero-order valence-electron chi connectivity index (χ0n) is 17.7. The summed E-state index contributed by atoms with van der Waals surface area (Å²) < 4.78 is 1.87. The largest absolute Gasteiger partial charge is 0.361 e. The standard InChI is InChI=1S/C27H24N4O/c32-26(16-15-21-17-28-25-14-8-7-13-24(21)25)29-18-22-19-31(23-11-5-2-6-12-23)30-27(22)20-9-3-1-4-10-20/h1-14,17,19,28H,15-16,18H2,(H,29,32). The quantitative estimate of drug-likeness (QED) is 0.377. The second kappa shape index (κ2) is 8.94. The highest BCUT2D eigenvalue weighted by Gasteiger charge is 2.14. The van der Waals surface area contributed by atoms with Gasteiger partial charge in [0.2, 0.25) is 5.91 Å². The van der Waals surface area contributed by atoms with Gasteiger partial charge in [0.25, 0.3) is 0 Å². The number of nitrogens with one attached hydrogen (secondary N) is 2. The van der Waals surface area contributed by atoms with E-state index in [0.717, 1.165) is 33.6 Å². The van der Waals surface area contributed by atoms with Crippen LogP contribution < -0.4 is 5.32 Å². The molecule has 2 aromatic heterocycles. The summed E-state index contributed by atoms with van der Waals surface area (Å²) in [7, 11) is 0. The maximum absolute atomic E-state index is 12.6. The summed E-state index contributed by atoms with van der Waals surface area (Å²) in [5, 5.41) is 9.07. The molecule has 32 heavy (non-hydrogen) atoms. The Bertz CT molecular complexity index is 1340. The smallest absolute Gasteiger partial charge is 0.220 e. The van der Waals surface area contributed by atoms with Crippen LogP contribution >= 0.6 is 0 Å². The molecular weight excluding hydrogens is 396 g/mol. The molecule has 5 nitrogen and oxygen atoms in total. The summed E-state index contributed by atoms with van der Waals surface area (Å²) in [5.74, 6) is 0.0294. The molecular formula is C27H24N4O. The molecule has 0 unspecified atom stereocenters. The third kappa shape index (κ3) is 4.18. The summed E-state index contributed by atoms with van der Waals surface area (Å²) in [6.07, 6.45) is 5.13. The van der Waals surface area contributed by atoms with Crippen molar-refractivity contribution in [3.05, 3.63) is 108 Å². The number of H-pyrrole nitrogens is 1. The average Bonchev–Trinajstić information content (AvgIpc) is 3.47. The van der Waals surface area contributed by atoms with Gasteiger partial charge in [0.1, 0.15) is 0 Å². The van der Waals surface area contributed by atoms with Crippen LogP contribution in [0.25, 0.3) is 27.8 Å². The topological polar surface area (TPSA) is 62.7 Å². The number of hydrogen-bond acceptors (Lipinski definition) is 2. The molecule has 0 bridgehead atoms. The van der Waals surface area contributed by atoms with Gasteiger partial charge < -0.3 is 10.3 Å². The van der Waals surface area contributed by atoms with Crippen LogP contribution in [0.3, 0.4) is 0 Å². The molecule has 158 valence electrons. The second-order valence-electron chi connectivity index (χ2n) is 7.79. The SMILES string of the molecule is O=C(CCc1c[nH]c2ccccc12)NCc1cn(-c2ccccc2)nc1-c1ccccc1. The molecule has 0 fully saturated rings. The lowest BCUT2D eigenvalue weighted by molar-refractivity contribution is -0.121. The monoisotopic (exact) mass is 420 g/mol. The number of carbonyl (C=O) groups excluding carboxylic acids is 1. The Labute approximate surface area is 186 Å². The normalized spacial score (nSPS) is 11.0. The fraction of sp³-hybridized carbons (Fsp3) is 0.111. The number of carbonyl (C=O) groups is 1. The van der Waals surface area contributed by atoms with Crippen LogP contribution in [0.1, 0.15) is 17.5 Å². The number of aryl methyl sites for hydroxylation is 1. The van der Waals surface area contributed by atoms with Gasteiger partial charge in [-0.1, -0.05) is 66.7 Å². The van der Waals surface area contributed by atoms with E-state index in [0.29, 0.717) is 19.4 Å². The van der Waals surface area contributed by atoms with Crippen molar-refractivity contribution in [2.45, 2.75) is 19.4 Å². The molecule has 0 atom stereocenters. The van der Waals surface area contributed by atoms with E-state index in [2.05, 4.69) is 22.4 Å². The van der Waals surface area contributed by atoms with Gasteiger partial charge in [-0.25, -0.2) is 4.68 Å². The summed E-state index contributed by atoms with van der Waals surface area (Å²) in [5.41, 5.74) is 6.15. The predicted molar refractivity (Wildman–Crippen MR) is 127 cm³/mol. The summed E-state index contributed by atoms with van der Waals surface area (Å²) in [6.45, 7) is 0.434. The molecule has 2 heterocycles. The number of amides is 1. The van der Waals surface area contributed by atoms with Crippen LogP contribution in [0.4, 0.5) is 0 Å².